The van der Waals surface area contributed by atoms with Crippen molar-refractivity contribution in [3.63, 3.8) is 0 Å². The van der Waals surface area contributed by atoms with Gasteiger partial charge in [0, 0.05) is 35.0 Å². The van der Waals surface area contributed by atoms with Crippen LogP contribution in [0.4, 0.5) is 5.82 Å². The summed E-state index contributed by atoms with van der Waals surface area (Å²) in [6, 6.07) is 11.5. The number of aryl methyl sites for hydroxylation is 1. The van der Waals surface area contributed by atoms with Gasteiger partial charge in [-0.05, 0) is 55.7 Å². The van der Waals surface area contributed by atoms with Crippen LogP contribution in [0.5, 0.6) is 0 Å². The molecule has 1 N–H and O–H groups in total. The molecule has 1 aromatic heterocycles. The van der Waals surface area contributed by atoms with Gasteiger partial charge in [-0.2, -0.15) is 0 Å². The molecule has 0 bridgehead atoms. The summed E-state index contributed by atoms with van der Waals surface area (Å²) in [5.41, 5.74) is 1.72. The lowest BCUT2D eigenvalue weighted by molar-refractivity contribution is -0.121. The average molecular weight is 398 g/mol. The highest BCUT2D eigenvalue weighted by Crippen LogP contribution is 2.24. The molecule has 0 radical (unpaired) electrons. The summed E-state index contributed by atoms with van der Waals surface area (Å²) in [6.45, 7) is 7.38. The van der Waals surface area contributed by atoms with Crippen molar-refractivity contribution in [2.24, 2.45) is 5.92 Å². The highest BCUT2D eigenvalue weighted by Gasteiger charge is 2.29. The zero-order chi connectivity index (χ0) is 20.1. The van der Waals surface area contributed by atoms with Crippen molar-refractivity contribution in [3.05, 3.63) is 53.7 Å². The molecule has 28 heavy (non-hydrogen) atoms. The van der Waals surface area contributed by atoms with Crippen LogP contribution in [0.15, 0.2) is 47.5 Å². The molecule has 1 saturated heterocycles. The van der Waals surface area contributed by atoms with Gasteiger partial charge in [0.2, 0.25) is 5.91 Å². The molecular weight excluding hydrogens is 370 g/mol. The van der Waals surface area contributed by atoms with Gasteiger partial charge in [-0.25, -0.2) is 4.98 Å². The predicted octanol–water partition coefficient (Wildman–Crippen LogP) is 4.38. The molecule has 1 aliphatic rings. The van der Waals surface area contributed by atoms with E-state index in [1.807, 2.05) is 37.3 Å². The Hall–Kier alpha value is -2.34. The van der Waals surface area contributed by atoms with Gasteiger partial charge in [0.05, 0.1) is 5.92 Å². The third-order valence-electron chi connectivity index (χ3n) is 4.72. The number of nitrogens with one attached hydrogen (secondary N) is 1. The molecule has 6 heteroatoms. The smallest absolute Gasteiger partial charge is 0.253 e. The number of nitrogens with zero attached hydrogens (tertiary/aromatic N) is 2. The molecule has 3 rings (SSSR count). The topological polar surface area (TPSA) is 62.3 Å². The molecule has 1 fully saturated rings. The maximum absolute atomic E-state index is 12.9. The lowest BCUT2D eigenvalue weighted by Gasteiger charge is -2.32. The van der Waals surface area contributed by atoms with E-state index in [2.05, 4.69) is 24.1 Å². The average Bonchev–Trinajstić information content (AvgIpc) is 2.69. The summed E-state index contributed by atoms with van der Waals surface area (Å²) in [4.78, 5) is 32.7. The quantitative estimate of drug-likeness (QED) is 0.761. The van der Waals surface area contributed by atoms with E-state index in [1.54, 1.807) is 28.9 Å². The molecule has 1 aromatic carbocycles. The highest BCUT2D eigenvalue weighted by atomic mass is 32.2. The summed E-state index contributed by atoms with van der Waals surface area (Å²) >= 11 is 1.78. The SMILES string of the molecule is Cc1ccc(NC(=O)C2CCCN(C(=O)c3ccc(SC(C)C)cc3)C2)nc1. The molecule has 0 spiro atoms. The van der Waals surface area contributed by atoms with Crippen molar-refractivity contribution in [2.75, 3.05) is 18.4 Å². The number of hydrogen-bond acceptors (Lipinski definition) is 4. The second-order valence-corrected chi connectivity index (χ2v) is 9.14. The molecule has 148 valence electrons. The van der Waals surface area contributed by atoms with Gasteiger partial charge in [0.1, 0.15) is 5.82 Å². The number of amides is 2. The second-order valence-electron chi connectivity index (χ2n) is 7.49. The normalized spacial score (nSPS) is 16.9. The minimum Gasteiger partial charge on any atom is -0.338 e. The number of carbonyl (C=O) groups is 2. The third kappa shape index (κ3) is 5.35. The first-order valence-corrected chi connectivity index (χ1v) is 10.6. The molecule has 1 atom stereocenters. The number of benzene rings is 1. The van der Waals surface area contributed by atoms with Crippen molar-refractivity contribution in [3.8, 4) is 0 Å². The van der Waals surface area contributed by atoms with Gasteiger partial charge in [0.15, 0.2) is 0 Å². The monoisotopic (exact) mass is 397 g/mol. The molecule has 1 aliphatic heterocycles. The van der Waals surface area contributed by atoms with Crippen LogP contribution in [0, 0.1) is 12.8 Å². The van der Waals surface area contributed by atoms with Crippen molar-refractivity contribution < 1.29 is 9.59 Å². The molecule has 2 amide bonds. The van der Waals surface area contributed by atoms with Crippen LogP contribution < -0.4 is 5.32 Å². The maximum atomic E-state index is 12.9. The van der Waals surface area contributed by atoms with Crippen LogP contribution in [-0.4, -0.2) is 40.0 Å². The van der Waals surface area contributed by atoms with E-state index in [4.69, 9.17) is 0 Å². The Bertz CT molecular complexity index is 819. The van der Waals surface area contributed by atoms with Crippen molar-refractivity contribution in [2.45, 2.75) is 43.8 Å². The summed E-state index contributed by atoms with van der Waals surface area (Å²) in [7, 11) is 0. The van der Waals surface area contributed by atoms with E-state index in [1.165, 1.54) is 0 Å². The fourth-order valence-electron chi connectivity index (χ4n) is 3.28. The van der Waals surface area contributed by atoms with Crippen LogP contribution in [-0.2, 0) is 4.79 Å². The van der Waals surface area contributed by atoms with Crippen LogP contribution in [0.1, 0.15) is 42.6 Å². The van der Waals surface area contributed by atoms with Gasteiger partial charge in [0.25, 0.3) is 5.91 Å². The fourth-order valence-corrected chi connectivity index (χ4v) is 4.11. The van der Waals surface area contributed by atoms with E-state index < -0.39 is 0 Å². The zero-order valence-corrected chi connectivity index (χ0v) is 17.5. The second kappa shape index (κ2) is 9.24. The largest absolute Gasteiger partial charge is 0.338 e. The number of likely N-dealkylation sites (tertiary alicyclic amines) is 1. The van der Waals surface area contributed by atoms with E-state index in [0.717, 1.165) is 23.3 Å². The minimum absolute atomic E-state index is 0.00735. The molecule has 2 heterocycles. The number of thioether (sulfide) groups is 1. The first kappa shape index (κ1) is 20.4. The number of anilines is 1. The Morgan fingerprint density at radius 2 is 1.93 bits per heavy atom. The van der Waals surface area contributed by atoms with E-state index in [-0.39, 0.29) is 17.7 Å². The first-order chi connectivity index (χ1) is 13.4. The van der Waals surface area contributed by atoms with Crippen LogP contribution in [0.2, 0.25) is 0 Å². The number of piperidine rings is 1. The molecule has 0 aliphatic carbocycles. The standard InChI is InChI=1S/C22H27N3O2S/c1-15(2)28-19-9-7-17(8-10-19)22(27)25-12-4-5-18(14-25)21(26)24-20-11-6-16(3)13-23-20/h6-11,13,15,18H,4-5,12,14H2,1-3H3,(H,23,24,26). The Morgan fingerprint density at radius 1 is 1.18 bits per heavy atom. The van der Waals surface area contributed by atoms with Crippen LogP contribution in [0.25, 0.3) is 0 Å². The number of pyridine rings is 1. The summed E-state index contributed by atoms with van der Waals surface area (Å²) in [5.74, 6) is 0.262. The summed E-state index contributed by atoms with van der Waals surface area (Å²) < 4.78 is 0. The van der Waals surface area contributed by atoms with Crippen LogP contribution in [0.3, 0.4) is 0 Å². The highest BCUT2D eigenvalue weighted by molar-refractivity contribution is 7.99. The van der Waals surface area contributed by atoms with E-state index in [9.17, 15) is 9.59 Å². The molecular formula is C22H27N3O2S. The summed E-state index contributed by atoms with van der Waals surface area (Å²) in [5, 5.41) is 3.38. The fraction of sp³-hybridized carbons (Fsp3) is 0.409. The number of carbonyl (C=O) groups excluding carboxylic acids is 2. The van der Waals surface area contributed by atoms with Gasteiger partial charge < -0.3 is 10.2 Å². The minimum atomic E-state index is -0.212. The molecule has 5 nitrogen and oxygen atoms in total. The lowest BCUT2D eigenvalue weighted by atomic mass is 9.96. The molecule has 0 saturated carbocycles. The van der Waals surface area contributed by atoms with Gasteiger partial charge in [-0.1, -0.05) is 19.9 Å². The van der Waals surface area contributed by atoms with Crippen molar-refractivity contribution in [1.29, 1.82) is 0 Å². The summed E-state index contributed by atoms with van der Waals surface area (Å²) in [6.07, 6.45) is 3.34. The maximum Gasteiger partial charge on any atom is 0.253 e. The van der Waals surface area contributed by atoms with E-state index >= 15 is 0 Å². The number of aromatic nitrogens is 1. The zero-order valence-electron chi connectivity index (χ0n) is 16.6. The molecule has 2 aromatic rings. The lowest BCUT2D eigenvalue weighted by Crippen LogP contribution is -2.43. The van der Waals surface area contributed by atoms with Gasteiger partial charge in [-0.3, -0.25) is 9.59 Å². The van der Waals surface area contributed by atoms with Gasteiger partial charge >= 0.3 is 0 Å². The number of hydrogen-bond donors (Lipinski definition) is 1. The van der Waals surface area contributed by atoms with Crippen molar-refractivity contribution >= 4 is 29.4 Å². The third-order valence-corrected chi connectivity index (χ3v) is 5.73. The molecule has 1 unspecified atom stereocenters. The van der Waals surface area contributed by atoms with Crippen molar-refractivity contribution in [1.82, 2.24) is 9.88 Å². The Kier molecular flexibility index (Phi) is 6.73. The predicted molar refractivity (Wildman–Crippen MR) is 114 cm³/mol. The Balaban J connectivity index is 1.61. The Morgan fingerprint density at radius 3 is 2.57 bits per heavy atom. The van der Waals surface area contributed by atoms with E-state index in [0.29, 0.717) is 29.7 Å². The van der Waals surface area contributed by atoms with Crippen LogP contribution >= 0.6 is 11.8 Å². The van der Waals surface area contributed by atoms with Gasteiger partial charge in [-0.15, -0.1) is 11.8 Å². The Labute approximate surface area is 170 Å². The first-order valence-electron chi connectivity index (χ1n) is 9.72. The number of rotatable bonds is 5.